The van der Waals surface area contributed by atoms with Crippen molar-refractivity contribution in [2.75, 3.05) is 52.4 Å². The van der Waals surface area contributed by atoms with Crippen molar-refractivity contribution < 1.29 is 0 Å². The van der Waals surface area contributed by atoms with Crippen LogP contribution in [0.4, 0.5) is 0 Å². The van der Waals surface area contributed by atoms with Gasteiger partial charge in [0.1, 0.15) is 0 Å². The summed E-state index contributed by atoms with van der Waals surface area (Å²) in [6.07, 6.45) is 0. The number of aliphatic imine (C=N–C) groups is 1. The first-order chi connectivity index (χ1) is 13.0. The van der Waals surface area contributed by atoms with Crippen molar-refractivity contribution in [1.29, 1.82) is 0 Å². The molecule has 1 fully saturated rings. The first-order valence-corrected chi connectivity index (χ1v) is 10.6. The second-order valence-corrected chi connectivity index (χ2v) is 7.73. The molecule has 2 rings (SSSR count). The molecule has 0 radical (unpaired) electrons. The van der Waals surface area contributed by atoms with Gasteiger partial charge < -0.3 is 15.5 Å². The molecule has 0 aliphatic carbocycles. The molecular weight excluding hydrogens is 334 g/mol. The van der Waals surface area contributed by atoms with Crippen molar-refractivity contribution in [3.05, 3.63) is 35.4 Å². The Bertz CT molecular complexity index is 561. The molecule has 5 nitrogen and oxygen atoms in total. The van der Waals surface area contributed by atoms with Crippen LogP contribution >= 0.6 is 0 Å². The Hall–Kier alpha value is -1.59. The molecule has 1 heterocycles. The van der Waals surface area contributed by atoms with E-state index < -0.39 is 0 Å². The second kappa shape index (κ2) is 11.3. The molecule has 5 heteroatoms. The fraction of sp³-hybridized carbons (Fsp3) is 0.682. The third-order valence-corrected chi connectivity index (χ3v) is 5.56. The van der Waals surface area contributed by atoms with Gasteiger partial charge in [-0.25, -0.2) is 0 Å². The Kier molecular flexibility index (Phi) is 9.08. The van der Waals surface area contributed by atoms with Gasteiger partial charge in [-0.2, -0.15) is 0 Å². The number of likely N-dealkylation sites (N-methyl/N-ethyl adjacent to an activating group) is 1. The molecule has 0 saturated carbocycles. The first-order valence-electron chi connectivity index (χ1n) is 10.6. The van der Waals surface area contributed by atoms with Gasteiger partial charge in [-0.3, -0.25) is 9.89 Å². The summed E-state index contributed by atoms with van der Waals surface area (Å²) in [5.74, 6) is 1.38. The Morgan fingerprint density at radius 1 is 1.04 bits per heavy atom. The number of hydrogen-bond acceptors (Lipinski definition) is 3. The number of aryl methyl sites for hydroxylation is 1. The fourth-order valence-electron chi connectivity index (χ4n) is 3.46. The lowest BCUT2D eigenvalue weighted by atomic mass is 10.0. The molecule has 1 aliphatic heterocycles. The molecule has 2 atom stereocenters. The van der Waals surface area contributed by atoms with Crippen LogP contribution < -0.4 is 10.6 Å². The number of nitrogens with zero attached hydrogens (tertiary/aromatic N) is 3. The molecule has 1 aromatic rings. The van der Waals surface area contributed by atoms with Crippen LogP contribution in [0.2, 0.25) is 0 Å². The average molecular weight is 374 g/mol. The maximum Gasteiger partial charge on any atom is 0.191 e. The Morgan fingerprint density at radius 3 is 2.30 bits per heavy atom. The van der Waals surface area contributed by atoms with Crippen LogP contribution in [0.1, 0.15) is 44.7 Å². The van der Waals surface area contributed by atoms with Gasteiger partial charge in [-0.15, -0.1) is 0 Å². The molecule has 0 aromatic heterocycles. The maximum absolute atomic E-state index is 4.85. The zero-order chi connectivity index (χ0) is 19.6. The summed E-state index contributed by atoms with van der Waals surface area (Å²) in [4.78, 5) is 9.93. The van der Waals surface area contributed by atoms with Gasteiger partial charge in [0, 0.05) is 45.3 Å². The van der Waals surface area contributed by atoms with Crippen LogP contribution in [0.5, 0.6) is 0 Å². The van der Waals surface area contributed by atoms with E-state index in [2.05, 4.69) is 79.3 Å². The van der Waals surface area contributed by atoms with Gasteiger partial charge in [-0.05, 0) is 38.8 Å². The molecule has 1 saturated heterocycles. The fourth-order valence-corrected chi connectivity index (χ4v) is 3.46. The minimum atomic E-state index is 0.453. The van der Waals surface area contributed by atoms with Crippen LogP contribution in [-0.4, -0.2) is 74.2 Å². The second-order valence-electron chi connectivity index (χ2n) is 7.73. The molecule has 0 bridgehead atoms. The molecule has 27 heavy (non-hydrogen) atoms. The van der Waals surface area contributed by atoms with E-state index in [0.29, 0.717) is 12.0 Å². The molecule has 1 aromatic carbocycles. The molecule has 0 amide bonds. The Morgan fingerprint density at radius 2 is 1.70 bits per heavy atom. The van der Waals surface area contributed by atoms with E-state index in [-0.39, 0.29) is 0 Å². The highest BCUT2D eigenvalue weighted by molar-refractivity contribution is 5.79. The summed E-state index contributed by atoms with van der Waals surface area (Å²) < 4.78 is 0. The summed E-state index contributed by atoms with van der Waals surface area (Å²) >= 11 is 0. The van der Waals surface area contributed by atoms with Gasteiger partial charge in [0.05, 0.1) is 6.54 Å². The van der Waals surface area contributed by atoms with E-state index in [1.807, 2.05) is 0 Å². The maximum atomic E-state index is 4.85. The smallest absolute Gasteiger partial charge is 0.191 e. The van der Waals surface area contributed by atoms with Gasteiger partial charge in [0.2, 0.25) is 0 Å². The Labute approximate surface area is 166 Å². The summed E-state index contributed by atoms with van der Waals surface area (Å²) in [5, 5.41) is 6.91. The molecule has 2 N–H and O–H groups in total. The predicted molar refractivity (Wildman–Crippen MR) is 117 cm³/mol. The monoisotopic (exact) mass is 373 g/mol. The summed E-state index contributed by atoms with van der Waals surface area (Å²) in [6.45, 7) is 19.5. The zero-order valence-electron chi connectivity index (χ0n) is 18.0. The number of hydrogen-bond donors (Lipinski definition) is 2. The lowest BCUT2D eigenvalue weighted by molar-refractivity contribution is 0.109. The topological polar surface area (TPSA) is 42.9 Å². The molecule has 2 unspecified atom stereocenters. The normalized spacial score (nSPS) is 18.9. The number of rotatable bonds is 8. The zero-order valence-corrected chi connectivity index (χ0v) is 18.0. The summed E-state index contributed by atoms with van der Waals surface area (Å²) in [5.41, 5.74) is 2.67. The average Bonchev–Trinajstić information content (AvgIpc) is 2.70. The van der Waals surface area contributed by atoms with E-state index in [9.17, 15) is 0 Å². The predicted octanol–water partition coefficient (Wildman–Crippen LogP) is 2.68. The van der Waals surface area contributed by atoms with Crippen LogP contribution in [0.25, 0.3) is 0 Å². The van der Waals surface area contributed by atoms with Gasteiger partial charge in [-0.1, -0.05) is 43.7 Å². The van der Waals surface area contributed by atoms with Crippen LogP contribution in [0, 0.1) is 6.92 Å². The van der Waals surface area contributed by atoms with Gasteiger partial charge in [0.15, 0.2) is 5.96 Å². The highest BCUT2D eigenvalue weighted by Gasteiger charge is 2.20. The number of benzene rings is 1. The van der Waals surface area contributed by atoms with E-state index in [1.165, 1.54) is 24.2 Å². The highest BCUT2D eigenvalue weighted by Crippen LogP contribution is 2.14. The highest BCUT2D eigenvalue weighted by atomic mass is 15.3. The number of piperazine rings is 1. The van der Waals surface area contributed by atoms with Crippen molar-refractivity contribution in [3.63, 3.8) is 0 Å². The molecular formula is C22H39N5. The van der Waals surface area contributed by atoms with Crippen LogP contribution in [0.15, 0.2) is 29.3 Å². The number of guanidine groups is 1. The third kappa shape index (κ3) is 7.15. The van der Waals surface area contributed by atoms with Crippen molar-refractivity contribution in [2.24, 2.45) is 4.99 Å². The molecule has 1 aliphatic rings. The van der Waals surface area contributed by atoms with E-state index in [4.69, 9.17) is 4.99 Å². The standard InChI is InChI=1S/C22H39N5/c1-6-23-22(24-16-19(4)21-10-8-18(3)9-11-21)25-17-20(5)27-14-12-26(7-2)13-15-27/h8-11,19-20H,6-7,12-17H2,1-5H3,(H2,23,24,25). The van der Waals surface area contributed by atoms with Gasteiger partial charge in [0.25, 0.3) is 0 Å². The van der Waals surface area contributed by atoms with Gasteiger partial charge >= 0.3 is 0 Å². The SMILES string of the molecule is CCNC(=NCC(C)N1CCN(CC)CC1)NCC(C)c1ccc(C)cc1. The number of nitrogens with one attached hydrogen (secondary N) is 2. The lowest BCUT2D eigenvalue weighted by Crippen LogP contribution is -2.50. The summed E-state index contributed by atoms with van der Waals surface area (Å²) in [6, 6.07) is 9.30. The van der Waals surface area contributed by atoms with Crippen molar-refractivity contribution in [3.8, 4) is 0 Å². The van der Waals surface area contributed by atoms with Crippen molar-refractivity contribution in [2.45, 2.75) is 46.6 Å². The van der Waals surface area contributed by atoms with Crippen LogP contribution in [0.3, 0.4) is 0 Å². The largest absolute Gasteiger partial charge is 0.357 e. The van der Waals surface area contributed by atoms with E-state index in [1.54, 1.807) is 0 Å². The lowest BCUT2D eigenvalue weighted by Gasteiger charge is -2.37. The molecule has 152 valence electrons. The molecule has 0 spiro atoms. The van der Waals surface area contributed by atoms with E-state index in [0.717, 1.165) is 45.2 Å². The van der Waals surface area contributed by atoms with E-state index >= 15 is 0 Å². The first kappa shape index (κ1) is 21.7. The Balaban J connectivity index is 1.83. The quantitative estimate of drug-likeness (QED) is 0.543. The third-order valence-electron chi connectivity index (χ3n) is 5.56. The minimum Gasteiger partial charge on any atom is -0.357 e. The summed E-state index contributed by atoms with van der Waals surface area (Å²) in [7, 11) is 0. The van der Waals surface area contributed by atoms with Crippen molar-refractivity contribution >= 4 is 5.96 Å². The van der Waals surface area contributed by atoms with Crippen molar-refractivity contribution in [1.82, 2.24) is 20.4 Å². The van der Waals surface area contributed by atoms with Crippen LogP contribution in [-0.2, 0) is 0 Å². The minimum absolute atomic E-state index is 0.453.